The first-order valence-electron chi connectivity index (χ1n) is 8.79. The SMILES string of the molecule is Cc1cc(C)c2cc(C(=O)N3CC(C4CCCCC4)C3)sc2n1. The van der Waals surface area contributed by atoms with Crippen LogP contribution in [0.3, 0.4) is 0 Å². The van der Waals surface area contributed by atoms with Crippen molar-refractivity contribution < 1.29 is 4.79 Å². The van der Waals surface area contributed by atoms with E-state index in [1.54, 1.807) is 11.3 Å². The zero-order valence-electron chi connectivity index (χ0n) is 14.0. The second kappa shape index (κ2) is 5.90. The molecule has 3 nitrogen and oxygen atoms in total. The molecule has 0 atom stereocenters. The van der Waals surface area contributed by atoms with Gasteiger partial charge in [0.15, 0.2) is 0 Å². The first-order valence-corrected chi connectivity index (χ1v) is 9.60. The summed E-state index contributed by atoms with van der Waals surface area (Å²) in [5.41, 5.74) is 2.24. The molecule has 2 aliphatic rings. The van der Waals surface area contributed by atoms with Crippen molar-refractivity contribution in [2.45, 2.75) is 46.0 Å². The van der Waals surface area contributed by atoms with Crippen LogP contribution in [0.15, 0.2) is 12.1 Å². The molecule has 1 aliphatic carbocycles. The number of hydrogen-bond donors (Lipinski definition) is 0. The van der Waals surface area contributed by atoms with Gasteiger partial charge in [-0.05, 0) is 43.4 Å². The molecular formula is C19H24N2OS. The maximum atomic E-state index is 12.7. The van der Waals surface area contributed by atoms with Crippen LogP contribution in [0.4, 0.5) is 0 Å². The maximum Gasteiger partial charge on any atom is 0.264 e. The van der Waals surface area contributed by atoms with Gasteiger partial charge in [0.05, 0.1) is 4.88 Å². The molecule has 0 unspecified atom stereocenters. The Bertz CT molecular complexity index is 739. The number of pyridine rings is 1. The van der Waals surface area contributed by atoms with E-state index in [1.807, 2.05) is 17.9 Å². The molecule has 23 heavy (non-hydrogen) atoms. The van der Waals surface area contributed by atoms with Crippen molar-refractivity contribution in [3.05, 3.63) is 28.3 Å². The number of aryl methyl sites for hydroxylation is 2. The summed E-state index contributed by atoms with van der Waals surface area (Å²) in [6.45, 7) is 6.03. The lowest BCUT2D eigenvalue weighted by atomic mass is 9.76. The molecule has 122 valence electrons. The van der Waals surface area contributed by atoms with Gasteiger partial charge in [0.25, 0.3) is 5.91 Å². The Morgan fingerprint density at radius 1 is 1.13 bits per heavy atom. The van der Waals surface area contributed by atoms with E-state index < -0.39 is 0 Å². The van der Waals surface area contributed by atoms with E-state index in [0.717, 1.165) is 45.7 Å². The minimum Gasteiger partial charge on any atom is -0.337 e. The first kappa shape index (κ1) is 15.1. The summed E-state index contributed by atoms with van der Waals surface area (Å²) in [6, 6.07) is 4.13. The highest BCUT2D eigenvalue weighted by Crippen LogP contribution is 2.36. The number of carbonyl (C=O) groups is 1. The van der Waals surface area contributed by atoms with Gasteiger partial charge in [-0.2, -0.15) is 0 Å². The average molecular weight is 328 g/mol. The van der Waals surface area contributed by atoms with Gasteiger partial charge in [-0.3, -0.25) is 4.79 Å². The Labute approximate surface area is 141 Å². The molecule has 0 bridgehead atoms. The molecule has 2 aromatic rings. The summed E-state index contributed by atoms with van der Waals surface area (Å²) in [5, 5.41) is 1.13. The van der Waals surface area contributed by atoms with Gasteiger partial charge < -0.3 is 4.90 Å². The Hall–Kier alpha value is -1.42. The molecule has 1 saturated heterocycles. The number of fused-ring (bicyclic) bond motifs is 1. The lowest BCUT2D eigenvalue weighted by Gasteiger charge is -2.44. The van der Waals surface area contributed by atoms with E-state index in [1.165, 1.54) is 37.7 Å². The summed E-state index contributed by atoms with van der Waals surface area (Å²) >= 11 is 1.55. The maximum absolute atomic E-state index is 12.7. The number of nitrogens with zero attached hydrogens (tertiary/aromatic N) is 2. The summed E-state index contributed by atoms with van der Waals surface area (Å²) in [7, 11) is 0. The number of amides is 1. The molecule has 1 amide bonds. The standard InChI is InChI=1S/C19H24N2OS/c1-12-8-13(2)20-18-16(12)9-17(23-18)19(22)21-10-15(11-21)14-6-4-3-5-7-14/h8-9,14-15H,3-7,10-11H2,1-2H3. The van der Waals surface area contributed by atoms with Crippen LogP contribution in [0.5, 0.6) is 0 Å². The summed E-state index contributed by atoms with van der Waals surface area (Å²) in [4.78, 5) is 21.2. The third-order valence-electron chi connectivity index (χ3n) is 5.56. The Kier molecular flexibility index (Phi) is 3.88. The van der Waals surface area contributed by atoms with Crippen LogP contribution in [0.2, 0.25) is 0 Å². The van der Waals surface area contributed by atoms with Crippen LogP contribution >= 0.6 is 11.3 Å². The van der Waals surface area contributed by atoms with Crippen molar-refractivity contribution in [1.29, 1.82) is 0 Å². The fraction of sp³-hybridized carbons (Fsp3) is 0.579. The Morgan fingerprint density at radius 2 is 1.87 bits per heavy atom. The molecule has 1 saturated carbocycles. The largest absolute Gasteiger partial charge is 0.337 e. The number of rotatable bonds is 2. The van der Waals surface area contributed by atoms with Crippen LogP contribution in [0.1, 0.15) is 53.0 Å². The van der Waals surface area contributed by atoms with Crippen LogP contribution in [-0.2, 0) is 0 Å². The van der Waals surface area contributed by atoms with Gasteiger partial charge in [0, 0.05) is 24.2 Å². The highest BCUT2D eigenvalue weighted by molar-refractivity contribution is 7.20. The quantitative estimate of drug-likeness (QED) is 0.809. The molecule has 2 fully saturated rings. The third-order valence-corrected chi connectivity index (χ3v) is 6.58. The van der Waals surface area contributed by atoms with Crippen molar-refractivity contribution in [1.82, 2.24) is 9.88 Å². The predicted molar refractivity (Wildman–Crippen MR) is 95.1 cm³/mol. The summed E-state index contributed by atoms with van der Waals surface area (Å²) in [5.74, 6) is 1.81. The lowest BCUT2D eigenvalue weighted by molar-refractivity contribution is 0.0309. The fourth-order valence-electron chi connectivity index (χ4n) is 4.17. The van der Waals surface area contributed by atoms with E-state index in [9.17, 15) is 4.79 Å². The van der Waals surface area contributed by atoms with E-state index >= 15 is 0 Å². The number of aromatic nitrogens is 1. The number of likely N-dealkylation sites (tertiary alicyclic amines) is 1. The summed E-state index contributed by atoms with van der Waals surface area (Å²) < 4.78 is 0. The fourth-order valence-corrected chi connectivity index (χ4v) is 5.29. The average Bonchev–Trinajstić information content (AvgIpc) is 2.91. The van der Waals surface area contributed by atoms with Crippen molar-refractivity contribution in [2.24, 2.45) is 11.8 Å². The van der Waals surface area contributed by atoms with Crippen LogP contribution in [0.25, 0.3) is 10.2 Å². The summed E-state index contributed by atoms with van der Waals surface area (Å²) in [6.07, 6.45) is 6.92. The minimum atomic E-state index is 0.206. The van der Waals surface area contributed by atoms with Gasteiger partial charge in [0.1, 0.15) is 4.83 Å². The molecule has 0 aromatic carbocycles. The van der Waals surface area contributed by atoms with E-state index in [4.69, 9.17) is 0 Å². The Morgan fingerprint density at radius 3 is 2.61 bits per heavy atom. The normalized spacial score (nSPS) is 20.0. The van der Waals surface area contributed by atoms with Crippen molar-refractivity contribution in [3.63, 3.8) is 0 Å². The smallest absolute Gasteiger partial charge is 0.264 e. The van der Waals surface area contributed by atoms with Crippen LogP contribution < -0.4 is 0 Å². The second-order valence-electron chi connectivity index (χ2n) is 7.28. The topological polar surface area (TPSA) is 33.2 Å². The van der Waals surface area contributed by atoms with Crippen molar-refractivity contribution in [3.8, 4) is 0 Å². The second-order valence-corrected chi connectivity index (χ2v) is 8.31. The molecule has 0 radical (unpaired) electrons. The molecule has 4 heteroatoms. The van der Waals surface area contributed by atoms with Gasteiger partial charge >= 0.3 is 0 Å². The van der Waals surface area contributed by atoms with Crippen molar-refractivity contribution >= 4 is 27.5 Å². The predicted octanol–water partition coefficient (Wildman–Crippen LogP) is 4.57. The van der Waals surface area contributed by atoms with E-state index in [-0.39, 0.29) is 5.91 Å². The molecule has 3 heterocycles. The molecule has 4 rings (SSSR count). The van der Waals surface area contributed by atoms with Gasteiger partial charge in [0.2, 0.25) is 0 Å². The number of carbonyl (C=O) groups excluding carboxylic acids is 1. The van der Waals surface area contributed by atoms with Gasteiger partial charge in [-0.25, -0.2) is 4.98 Å². The van der Waals surface area contributed by atoms with E-state index in [0.29, 0.717) is 0 Å². The molecular weight excluding hydrogens is 304 g/mol. The minimum absolute atomic E-state index is 0.206. The van der Waals surface area contributed by atoms with Crippen molar-refractivity contribution in [2.75, 3.05) is 13.1 Å². The van der Waals surface area contributed by atoms with Gasteiger partial charge in [-0.1, -0.05) is 32.1 Å². The molecule has 0 spiro atoms. The van der Waals surface area contributed by atoms with E-state index in [2.05, 4.69) is 18.0 Å². The monoisotopic (exact) mass is 328 g/mol. The molecule has 1 aliphatic heterocycles. The lowest BCUT2D eigenvalue weighted by Crippen LogP contribution is -2.52. The highest BCUT2D eigenvalue weighted by atomic mass is 32.1. The molecule has 2 aromatic heterocycles. The van der Waals surface area contributed by atoms with Crippen LogP contribution in [-0.4, -0.2) is 28.9 Å². The number of hydrogen-bond acceptors (Lipinski definition) is 3. The molecule has 0 N–H and O–H groups in total. The van der Waals surface area contributed by atoms with Gasteiger partial charge in [-0.15, -0.1) is 11.3 Å². The van der Waals surface area contributed by atoms with Crippen LogP contribution in [0, 0.1) is 25.7 Å². The zero-order valence-corrected chi connectivity index (χ0v) is 14.8. The number of thiophene rings is 1. The zero-order chi connectivity index (χ0) is 16.0. The Balaban J connectivity index is 1.47. The first-order chi connectivity index (χ1) is 11.1. The third kappa shape index (κ3) is 2.78. The highest BCUT2D eigenvalue weighted by Gasteiger charge is 2.37.